The number of hydrogen-bond acceptors (Lipinski definition) is 3. The molecule has 27 heavy (non-hydrogen) atoms. The van der Waals surface area contributed by atoms with Gasteiger partial charge in [0.1, 0.15) is 0 Å². The lowest BCUT2D eigenvalue weighted by Crippen LogP contribution is -2.44. The summed E-state index contributed by atoms with van der Waals surface area (Å²) in [5.41, 5.74) is 3.05. The first-order valence-electron chi connectivity index (χ1n) is 8.96. The maximum atomic E-state index is 12.4. The Morgan fingerprint density at radius 2 is 1.78 bits per heavy atom. The van der Waals surface area contributed by atoms with Gasteiger partial charge in [0.05, 0.1) is 6.61 Å². The Hall–Kier alpha value is -3.12. The molecule has 3 aromatic rings. The van der Waals surface area contributed by atoms with Crippen LogP contribution in [-0.4, -0.2) is 46.5 Å². The molecule has 140 valence electrons. The van der Waals surface area contributed by atoms with Crippen molar-refractivity contribution >= 4 is 22.7 Å². The lowest BCUT2D eigenvalue weighted by molar-refractivity contribution is -0.146. The minimum Gasteiger partial charge on any atom is -0.395 e. The zero-order chi connectivity index (χ0) is 19.1. The topological polar surface area (TPSA) is 85.4 Å². The fourth-order valence-corrected chi connectivity index (χ4v) is 3.05. The highest BCUT2D eigenvalue weighted by atomic mass is 16.3. The minimum atomic E-state index is -0.653. The van der Waals surface area contributed by atoms with Crippen LogP contribution in [0.3, 0.4) is 0 Å². The summed E-state index contributed by atoms with van der Waals surface area (Å²) in [4.78, 5) is 29.2. The van der Waals surface area contributed by atoms with Gasteiger partial charge in [0.15, 0.2) is 0 Å². The lowest BCUT2D eigenvalue weighted by Gasteiger charge is -2.21. The SMILES string of the molecule is O=C(NCCc1c[nH]c2ccccc12)C(=O)N(CCO)Cc1ccccc1. The summed E-state index contributed by atoms with van der Waals surface area (Å²) >= 11 is 0. The number of fused-ring (bicyclic) bond motifs is 1. The largest absolute Gasteiger partial charge is 0.395 e. The third-order valence-electron chi connectivity index (χ3n) is 4.42. The van der Waals surface area contributed by atoms with Gasteiger partial charge >= 0.3 is 11.8 Å². The molecule has 0 spiro atoms. The van der Waals surface area contributed by atoms with E-state index < -0.39 is 11.8 Å². The molecule has 0 unspecified atom stereocenters. The Bertz CT molecular complexity index is 905. The zero-order valence-electron chi connectivity index (χ0n) is 15.0. The van der Waals surface area contributed by atoms with Crippen molar-refractivity contribution in [2.75, 3.05) is 19.7 Å². The first kappa shape index (κ1) is 18.7. The molecule has 6 heteroatoms. The Kier molecular flexibility index (Phi) is 6.22. The van der Waals surface area contributed by atoms with E-state index in [0.29, 0.717) is 13.0 Å². The second kappa shape index (κ2) is 9.00. The van der Waals surface area contributed by atoms with E-state index in [2.05, 4.69) is 10.3 Å². The van der Waals surface area contributed by atoms with Gasteiger partial charge < -0.3 is 20.3 Å². The van der Waals surface area contributed by atoms with Gasteiger partial charge in [-0.2, -0.15) is 0 Å². The Morgan fingerprint density at radius 3 is 2.56 bits per heavy atom. The number of rotatable bonds is 7. The maximum Gasteiger partial charge on any atom is 0.312 e. The van der Waals surface area contributed by atoms with Crippen molar-refractivity contribution < 1.29 is 14.7 Å². The molecule has 3 N–H and O–H groups in total. The monoisotopic (exact) mass is 365 g/mol. The highest BCUT2D eigenvalue weighted by molar-refractivity contribution is 6.34. The van der Waals surface area contributed by atoms with Crippen molar-refractivity contribution in [3.63, 3.8) is 0 Å². The Labute approximate surface area is 157 Å². The number of amides is 2. The first-order chi connectivity index (χ1) is 13.2. The smallest absolute Gasteiger partial charge is 0.312 e. The molecular formula is C21H23N3O3. The van der Waals surface area contributed by atoms with E-state index in [9.17, 15) is 14.7 Å². The fourth-order valence-electron chi connectivity index (χ4n) is 3.05. The number of hydrogen-bond donors (Lipinski definition) is 3. The van der Waals surface area contributed by atoms with E-state index in [1.807, 2.05) is 60.8 Å². The number of benzene rings is 2. The van der Waals surface area contributed by atoms with Crippen molar-refractivity contribution in [3.8, 4) is 0 Å². The number of aromatic amines is 1. The molecule has 0 aliphatic rings. The summed E-state index contributed by atoms with van der Waals surface area (Å²) in [5.74, 6) is -1.29. The molecule has 0 bridgehead atoms. The molecule has 0 fully saturated rings. The predicted molar refractivity (Wildman–Crippen MR) is 104 cm³/mol. The number of carbonyl (C=O) groups is 2. The molecule has 6 nitrogen and oxygen atoms in total. The second-order valence-electron chi connectivity index (χ2n) is 6.30. The van der Waals surface area contributed by atoms with Crippen molar-refractivity contribution in [1.82, 2.24) is 15.2 Å². The number of nitrogens with zero attached hydrogens (tertiary/aromatic N) is 1. The lowest BCUT2D eigenvalue weighted by atomic mass is 10.1. The summed E-state index contributed by atoms with van der Waals surface area (Å²) in [5, 5.41) is 13.0. The average molecular weight is 365 g/mol. The molecule has 1 aromatic heterocycles. The van der Waals surface area contributed by atoms with Gasteiger partial charge in [0.2, 0.25) is 0 Å². The highest BCUT2D eigenvalue weighted by Gasteiger charge is 2.21. The van der Waals surface area contributed by atoms with Crippen LogP contribution in [0, 0.1) is 0 Å². The summed E-state index contributed by atoms with van der Waals surface area (Å²) < 4.78 is 0. The van der Waals surface area contributed by atoms with E-state index in [1.165, 1.54) is 4.90 Å². The number of H-pyrrole nitrogens is 1. The standard InChI is InChI=1S/C21H23N3O3/c25-13-12-24(15-16-6-2-1-3-7-16)21(27)20(26)22-11-10-17-14-23-19-9-5-4-8-18(17)19/h1-9,14,23,25H,10-13,15H2,(H,22,26). The van der Waals surface area contributed by atoms with E-state index in [4.69, 9.17) is 0 Å². The first-order valence-corrected chi connectivity index (χ1v) is 8.96. The predicted octanol–water partition coefficient (Wildman–Crippen LogP) is 1.85. The van der Waals surface area contributed by atoms with E-state index in [-0.39, 0.29) is 19.7 Å². The molecule has 2 aromatic carbocycles. The van der Waals surface area contributed by atoms with Crippen LogP contribution >= 0.6 is 0 Å². The molecule has 1 heterocycles. The zero-order valence-corrected chi connectivity index (χ0v) is 15.0. The molecule has 0 aliphatic carbocycles. The number of aliphatic hydroxyl groups is 1. The van der Waals surface area contributed by atoms with Gasteiger partial charge in [-0.3, -0.25) is 9.59 Å². The van der Waals surface area contributed by atoms with Gasteiger partial charge in [0.25, 0.3) is 0 Å². The third kappa shape index (κ3) is 4.74. The Balaban J connectivity index is 1.56. The van der Waals surface area contributed by atoms with E-state index in [1.54, 1.807) is 0 Å². The van der Waals surface area contributed by atoms with Crippen molar-refractivity contribution in [2.45, 2.75) is 13.0 Å². The van der Waals surface area contributed by atoms with Crippen LogP contribution < -0.4 is 5.32 Å². The maximum absolute atomic E-state index is 12.4. The van der Waals surface area contributed by atoms with Crippen LogP contribution in [0.4, 0.5) is 0 Å². The molecule has 0 saturated heterocycles. The number of carbonyl (C=O) groups excluding carboxylic acids is 2. The molecule has 0 saturated carbocycles. The quantitative estimate of drug-likeness (QED) is 0.559. The van der Waals surface area contributed by atoms with E-state index >= 15 is 0 Å². The van der Waals surface area contributed by atoms with Crippen LogP contribution in [-0.2, 0) is 22.6 Å². The summed E-state index contributed by atoms with van der Waals surface area (Å²) in [6.07, 6.45) is 2.55. The number of aromatic nitrogens is 1. The number of nitrogens with one attached hydrogen (secondary N) is 2. The molecular weight excluding hydrogens is 342 g/mol. The minimum absolute atomic E-state index is 0.115. The molecule has 3 rings (SSSR count). The van der Waals surface area contributed by atoms with E-state index in [0.717, 1.165) is 22.0 Å². The molecule has 0 radical (unpaired) electrons. The summed E-state index contributed by atoms with van der Waals surface area (Å²) in [6.45, 7) is 0.575. The molecule has 0 aliphatic heterocycles. The Morgan fingerprint density at radius 1 is 1.04 bits per heavy atom. The third-order valence-corrected chi connectivity index (χ3v) is 4.42. The molecule has 2 amide bonds. The van der Waals surface area contributed by atoms with Crippen LogP contribution in [0.15, 0.2) is 60.8 Å². The summed E-state index contributed by atoms with van der Waals surface area (Å²) in [6, 6.07) is 17.4. The van der Waals surface area contributed by atoms with Gasteiger partial charge in [-0.15, -0.1) is 0 Å². The number of para-hydroxylation sites is 1. The summed E-state index contributed by atoms with van der Waals surface area (Å²) in [7, 11) is 0. The van der Waals surface area contributed by atoms with Gasteiger partial charge in [0, 0.05) is 36.7 Å². The molecule has 0 atom stereocenters. The normalized spacial score (nSPS) is 10.7. The van der Waals surface area contributed by atoms with Crippen molar-refractivity contribution in [1.29, 1.82) is 0 Å². The fraction of sp³-hybridized carbons (Fsp3) is 0.238. The van der Waals surface area contributed by atoms with Crippen LogP contribution in [0.2, 0.25) is 0 Å². The van der Waals surface area contributed by atoms with Crippen LogP contribution in [0.5, 0.6) is 0 Å². The van der Waals surface area contributed by atoms with Crippen LogP contribution in [0.25, 0.3) is 10.9 Å². The highest BCUT2D eigenvalue weighted by Crippen LogP contribution is 2.17. The van der Waals surface area contributed by atoms with Crippen LogP contribution in [0.1, 0.15) is 11.1 Å². The van der Waals surface area contributed by atoms with Crippen molar-refractivity contribution in [2.24, 2.45) is 0 Å². The van der Waals surface area contributed by atoms with Crippen molar-refractivity contribution in [3.05, 3.63) is 71.9 Å². The van der Waals surface area contributed by atoms with Gasteiger partial charge in [-0.05, 0) is 23.6 Å². The number of aliphatic hydroxyl groups excluding tert-OH is 1. The second-order valence-corrected chi connectivity index (χ2v) is 6.30. The van der Waals surface area contributed by atoms with Gasteiger partial charge in [-0.25, -0.2) is 0 Å². The average Bonchev–Trinajstić information content (AvgIpc) is 3.11. The van der Waals surface area contributed by atoms with Gasteiger partial charge in [-0.1, -0.05) is 48.5 Å².